The Morgan fingerprint density at radius 1 is 1.41 bits per heavy atom. The topological polar surface area (TPSA) is 35.5 Å². The molecule has 0 spiro atoms. The minimum Gasteiger partial charge on any atom is -0.466 e. The molecule has 1 saturated carbocycles. The molecule has 0 amide bonds. The molecule has 0 N–H and O–H groups in total. The lowest BCUT2D eigenvalue weighted by Gasteiger charge is -2.43. The van der Waals surface area contributed by atoms with E-state index in [4.69, 9.17) is 4.74 Å². The van der Waals surface area contributed by atoms with Crippen LogP contribution in [0.15, 0.2) is 24.3 Å². The summed E-state index contributed by atoms with van der Waals surface area (Å²) in [7, 11) is 1.40. The monoisotopic (exact) mass is 236 g/mol. The summed E-state index contributed by atoms with van der Waals surface area (Å²) < 4.78 is 10.5. The van der Waals surface area contributed by atoms with E-state index >= 15 is 0 Å². The van der Waals surface area contributed by atoms with E-state index in [1.54, 1.807) is 12.2 Å². The second-order valence-corrected chi connectivity index (χ2v) is 4.78. The van der Waals surface area contributed by atoms with Gasteiger partial charge in [0.1, 0.15) is 6.10 Å². The molecule has 2 rings (SSSR count). The van der Waals surface area contributed by atoms with Crippen molar-refractivity contribution >= 4 is 5.97 Å². The zero-order chi connectivity index (χ0) is 12.3. The van der Waals surface area contributed by atoms with Crippen molar-refractivity contribution in [1.82, 2.24) is 0 Å². The molecule has 2 fully saturated rings. The van der Waals surface area contributed by atoms with Gasteiger partial charge in [0, 0.05) is 6.08 Å². The normalized spacial score (nSPS) is 31.9. The first-order valence-electron chi connectivity index (χ1n) is 6.33. The fraction of sp³-hybridized carbons (Fsp3) is 0.643. The lowest BCUT2D eigenvalue weighted by molar-refractivity contribution is -0.135. The van der Waals surface area contributed by atoms with Gasteiger partial charge in [-0.1, -0.05) is 25.3 Å². The molecule has 1 heterocycles. The number of ether oxygens (including phenoxy) is 2. The quantitative estimate of drug-likeness (QED) is 0.429. The average Bonchev–Trinajstić information content (AvgIpc) is 2.36. The molecule has 1 aliphatic carbocycles. The zero-order valence-corrected chi connectivity index (χ0v) is 10.4. The molecule has 2 aliphatic rings. The molecule has 17 heavy (non-hydrogen) atoms. The van der Waals surface area contributed by atoms with Crippen LogP contribution in [-0.4, -0.2) is 25.3 Å². The molecule has 1 saturated heterocycles. The highest BCUT2D eigenvalue weighted by molar-refractivity contribution is 5.83. The van der Waals surface area contributed by atoms with E-state index < -0.39 is 0 Å². The minimum atomic E-state index is -0.295. The maximum Gasteiger partial charge on any atom is 0.330 e. The molecule has 0 aromatic rings. The van der Waals surface area contributed by atoms with Crippen molar-refractivity contribution in [3.8, 4) is 0 Å². The van der Waals surface area contributed by atoms with Crippen molar-refractivity contribution in [1.29, 1.82) is 0 Å². The number of esters is 1. The molecule has 2 atom stereocenters. The summed E-state index contributed by atoms with van der Waals surface area (Å²) in [6.07, 6.45) is 9.61. The Morgan fingerprint density at radius 2 is 2.12 bits per heavy atom. The van der Waals surface area contributed by atoms with Gasteiger partial charge in [-0.15, -0.1) is 6.58 Å². The number of hydrogen-bond donors (Lipinski definition) is 0. The Kier molecular flexibility index (Phi) is 4.00. The van der Waals surface area contributed by atoms with Crippen LogP contribution in [0, 0.1) is 5.92 Å². The first-order valence-corrected chi connectivity index (χ1v) is 6.33. The summed E-state index contributed by atoms with van der Waals surface area (Å²) in [4.78, 5) is 11.3. The number of carbonyl (C=O) groups excluding carboxylic acids is 1. The van der Waals surface area contributed by atoms with Crippen LogP contribution in [0.2, 0.25) is 0 Å². The first-order chi connectivity index (χ1) is 8.26. The van der Waals surface area contributed by atoms with Crippen LogP contribution in [0.25, 0.3) is 0 Å². The summed E-state index contributed by atoms with van der Waals surface area (Å²) in [5.41, 5.74) is 1.04. The Balaban J connectivity index is 2.05. The molecule has 0 bridgehead atoms. The number of methoxy groups -OCH3 is 1. The smallest absolute Gasteiger partial charge is 0.330 e. The summed E-state index contributed by atoms with van der Waals surface area (Å²) >= 11 is 0. The third kappa shape index (κ3) is 2.60. The second-order valence-electron chi connectivity index (χ2n) is 4.78. The summed E-state index contributed by atoms with van der Waals surface area (Å²) in [5.74, 6) is 0.270. The van der Waals surface area contributed by atoms with E-state index in [2.05, 4.69) is 11.3 Å². The summed E-state index contributed by atoms with van der Waals surface area (Å²) in [6, 6.07) is 0. The van der Waals surface area contributed by atoms with Gasteiger partial charge >= 0.3 is 5.97 Å². The Morgan fingerprint density at radius 3 is 2.71 bits per heavy atom. The minimum absolute atomic E-state index is 0.0963. The average molecular weight is 236 g/mol. The van der Waals surface area contributed by atoms with Crippen molar-refractivity contribution in [2.24, 2.45) is 5.92 Å². The van der Waals surface area contributed by atoms with Crippen molar-refractivity contribution in [2.75, 3.05) is 7.11 Å². The SMILES string of the molecule is C=C[C@H]1O[C@H](C2CCCCC2)/C1=C/C(=O)OC. The van der Waals surface area contributed by atoms with Gasteiger partial charge in [-0.2, -0.15) is 0 Å². The van der Waals surface area contributed by atoms with E-state index in [0.29, 0.717) is 5.92 Å². The van der Waals surface area contributed by atoms with E-state index in [0.717, 1.165) is 5.57 Å². The third-order valence-corrected chi connectivity index (χ3v) is 3.73. The molecule has 3 nitrogen and oxygen atoms in total. The third-order valence-electron chi connectivity index (χ3n) is 3.73. The maximum absolute atomic E-state index is 11.3. The molecule has 0 unspecified atom stereocenters. The lowest BCUT2D eigenvalue weighted by atomic mass is 9.78. The maximum atomic E-state index is 11.3. The first kappa shape index (κ1) is 12.4. The zero-order valence-electron chi connectivity index (χ0n) is 10.4. The highest BCUT2D eigenvalue weighted by Crippen LogP contribution is 2.40. The Labute approximate surface area is 102 Å². The molecule has 0 radical (unpaired) electrons. The molecule has 0 aromatic carbocycles. The van der Waals surface area contributed by atoms with Gasteiger partial charge in [0.25, 0.3) is 0 Å². The van der Waals surface area contributed by atoms with E-state index in [1.165, 1.54) is 39.2 Å². The molecule has 0 aromatic heterocycles. The lowest BCUT2D eigenvalue weighted by Crippen LogP contribution is -2.45. The fourth-order valence-corrected chi connectivity index (χ4v) is 2.78. The fourth-order valence-electron chi connectivity index (χ4n) is 2.78. The van der Waals surface area contributed by atoms with Gasteiger partial charge in [-0.3, -0.25) is 0 Å². The molecule has 3 heteroatoms. The van der Waals surface area contributed by atoms with E-state index in [9.17, 15) is 4.79 Å². The molecular formula is C14H20O3. The van der Waals surface area contributed by atoms with Gasteiger partial charge in [-0.05, 0) is 24.3 Å². The van der Waals surface area contributed by atoms with Gasteiger partial charge in [0.05, 0.1) is 13.2 Å². The number of hydrogen-bond acceptors (Lipinski definition) is 3. The van der Waals surface area contributed by atoms with Crippen LogP contribution in [-0.2, 0) is 14.3 Å². The van der Waals surface area contributed by atoms with Crippen molar-refractivity contribution in [2.45, 2.75) is 44.3 Å². The number of carbonyl (C=O) groups is 1. The van der Waals surface area contributed by atoms with Gasteiger partial charge in [0.15, 0.2) is 0 Å². The Bertz CT molecular complexity index is 326. The highest BCUT2D eigenvalue weighted by atomic mass is 16.5. The number of rotatable bonds is 3. The van der Waals surface area contributed by atoms with E-state index in [-0.39, 0.29) is 18.2 Å². The van der Waals surface area contributed by atoms with Crippen molar-refractivity contribution in [3.63, 3.8) is 0 Å². The van der Waals surface area contributed by atoms with Crippen LogP contribution >= 0.6 is 0 Å². The Hall–Kier alpha value is -1.09. The predicted octanol–water partition coefficient (Wildman–Crippen LogP) is 2.62. The van der Waals surface area contributed by atoms with Gasteiger partial charge in [-0.25, -0.2) is 4.79 Å². The van der Waals surface area contributed by atoms with E-state index in [1.807, 2.05) is 0 Å². The molecular weight excluding hydrogens is 216 g/mol. The highest BCUT2D eigenvalue weighted by Gasteiger charge is 2.40. The summed E-state index contributed by atoms with van der Waals surface area (Å²) in [5, 5.41) is 0. The largest absolute Gasteiger partial charge is 0.466 e. The molecule has 1 aliphatic heterocycles. The second kappa shape index (κ2) is 5.50. The van der Waals surface area contributed by atoms with Crippen molar-refractivity contribution < 1.29 is 14.3 Å². The van der Waals surface area contributed by atoms with Gasteiger partial charge < -0.3 is 9.47 Å². The standard InChI is InChI=1S/C14H20O3/c1-3-12-11(9-13(15)16-2)14(17-12)10-7-5-4-6-8-10/h3,9-10,12,14H,1,4-8H2,2H3/b11-9+/t12-,14-/m1/s1. The van der Waals surface area contributed by atoms with Gasteiger partial charge in [0.2, 0.25) is 0 Å². The van der Waals surface area contributed by atoms with Crippen LogP contribution in [0.3, 0.4) is 0 Å². The van der Waals surface area contributed by atoms with Crippen LogP contribution in [0.1, 0.15) is 32.1 Å². The summed E-state index contributed by atoms with van der Waals surface area (Å²) in [6.45, 7) is 3.73. The van der Waals surface area contributed by atoms with Crippen LogP contribution in [0.5, 0.6) is 0 Å². The predicted molar refractivity (Wildman–Crippen MR) is 65.5 cm³/mol. The van der Waals surface area contributed by atoms with Crippen LogP contribution < -0.4 is 0 Å². The molecule has 94 valence electrons. The van der Waals surface area contributed by atoms with Crippen LogP contribution in [0.4, 0.5) is 0 Å². The van der Waals surface area contributed by atoms with Crippen molar-refractivity contribution in [3.05, 3.63) is 24.3 Å².